The number of nitrogen functional groups attached to an aromatic ring is 1. The summed E-state index contributed by atoms with van der Waals surface area (Å²) < 4.78 is 0.956. The van der Waals surface area contributed by atoms with Crippen molar-refractivity contribution in [2.45, 2.75) is 13.5 Å². The lowest BCUT2D eigenvalue weighted by Gasteiger charge is -2.20. The highest BCUT2D eigenvalue weighted by Crippen LogP contribution is 2.22. The Kier molecular flexibility index (Phi) is 3.92. The summed E-state index contributed by atoms with van der Waals surface area (Å²) in [6.07, 6.45) is 0. The van der Waals surface area contributed by atoms with Crippen LogP contribution in [0.5, 0.6) is 0 Å². The normalized spacial score (nSPS) is 10.4. The Labute approximate surface area is 117 Å². The third-order valence-corrected chi connectivity index (χ3v) is 3.61. The first-order valence-electron chi connectivity index (χ1n) is 5.88. The first-order valence-corrected chi connectivity index (χ1v) is 6.67. The predicted octanol–water partition coefficient (Wildman–Crippen LogP) is 3.98. The number of hydrogen-bond donors (Lipinski definition) is 1. The highest BCUT2D eigenvalue weighted by molar-refractivity contribution is 9.10. The van der Waals surface area contributed by atoms with Crippen molar-refractivity contribution in [1.29, 1.82) is 0 Å². The molecule has 0 aliphatic rings. The van der Waals surface area contributed by atoms with Crippen molar-refractivity contribution in [1.82, 2.24) is 0 Å². The Hall–Kier alpha value is -1.48. The van der Waals surface area contributed by atoms with Crippen molar-refractivity contribution in [2.75, 3.05) is 17.7 Å². The van der Waals surface area contributed by atoms with E-state index in [0.29, 0.717) is 0 Å². The van der Waals surface area contributed by atoms with E-state index in [0.717, 1.165) is 16.7 Å². The maximum absolute atomic E-state index is 5.79. The number of nitrogens with zero attached hydrogens (tertiary/aromatic N) is 1. The Balaban J connectivity index is 2.16. The SMILES string of the molecule is Cc1cccc(N(C)Cc2ccc(N)c(Br)c2)c1. The maximum atomic E-state index is 5.79. The summed E-state index contributed by atoms with van der Waals surface area (Å²) in [5, 5.41) is 0. The van der Waals surface area contributed by atoms with E-state index in [1.807, 2.05) is 6.07 Å². The fraction of sp³-hybridized carbons (Fsp3) is 0.200. The van der Waals surface area contributed by atoms with Gasteiger partial charge in [-0.05, 0) is 58.2 Å². The van der Waals surface area contributed by atoms with Gasteiger partial charge in [0.25, 0.3) is 0 Å². The van der Waals surface area contributed by atoms with Crippen LogP contribution in [0, 0.1) is 6.92 Å². The summed E-state index contributed by atoms with van der Waals surface area (Å²) in [6, 6.07) is 14.6. The minimum absolute atomic E-state index is 0.775. The molecule has 0 radical (unpaired) electrons. The summed E-state index contributed by atoms with van der Waals surface area (Å²) in [5.41, 5.74) is 10.3. The smallest absolute Gasteiger partial charge is 0.0458 e. The van der Waals surface area contributed by atoms with Gasteiger partial charge >= 0.3 is 0 Å². The third-order valence-electron chi connectivity index (χ3n) is 2.93. The monoisotopic (exact) mass is 304 g/mol. The summed E-state index contributed by atoms with van der Waals surface area (Å²) >= 11 is 3.46. The van der Waals surface area contributed by atoms with Gasteiger partial charge in [-0.1, -0.05) is 18.2 Å². The molecule has 0 atom stereocenters. The lowest BCUT2D eigenvalue weighted by atomic mass is 10.1. The molecule has 0 bridgehead atoms. The molecule has 0 spiro atoms. The van der Waals surface area contributed by atoms with Crippen LogP contribution >= 0.6 is 15.9 Å². The van der Waals surface area contributed by atoms with Crippen molar-refractivity contribution in [3.8, 4) is 0 Å². The average Bonchev–Trinajstić information content (AvgIpc) is 2.34. The van der Waals surface area contributed by atoms with Gasteiger partial charge in [0.05, 0.1) is 0 Å². The molecule has 2 rings (SSSR count). The molecule has 0 saturated carbocycles. The third kappa shape index (κ3) is 3.05. The number of rotatable bonds is 3. The van der Waals surface area contributed by atoms with Crippen LogP contribution in [0.3, 0.4) is 0 Å². The van der Waals surface area contributed by atoms with Gasteiger partial charge in [-0.2, -0.15) is 0 Å². The molecule has 0 fully saturated rings. The minimum atomic E-state index is 0.775. The largest absolute Gasteiger partial charge is 0.398 e. The van der Waals surface area contributed by atoms with Gasteiger partial charge in [0.2, 0.25) is 0 Å². The zero-order valence-corrected chi connectivity index (χ0v) is 12.2. The van der Waals surface area contributed by atoms with Crippen LogP contribution in [0.1, 0.15) is 11.1 Å². The average molecular weight is 305 g/mol. The number of aryl methyl sites for hydroxylation is 1. The summed E-state index contributed by atoms with van der Waals surface area (Å²) in [7, 11) is 2.10. The predicted molar refractivity (Wildman–Crippen MR) is 81.8 cm³/mol. The Bertz CT molecular complexity index is 552. The molecule has 94 valence electrons. The van der Waals surface area contributed by atoms with E-state index in [4.69, 9.17) is 5.73 Å². The molecular formula is C15H17BrN2. The van der Waals surface area contributed by atoms with Gasteiger partial charge in [-0.15, -0.1) is 0 Å². The second-order valence-corrected chi connectivity index (χ2v) is 5.41. The van der Waals surface area contributed by atoms with Crippen molar-refractivity contribution < 1.29 is 0 Å². The fourth-order valence-corrected chi connectivity index (χ4v) is 2.33. The standard InChI is InChI=1S/C15H17BrN2/c1-11-4-3-5-13(8-11)18(2)10-12-6-7-15(17)14(16)9-12/h3-9H,10,17H2,1-2H3. The molecule has 2 N–H and O–H groups in total. The van der Waals surface area contributed by atoms with Gasteiger partial charge in [-0.3, -0.25) is 0 Å². The summed E-state index contributed by atoms with van der Waals surface area (Å²) in [5.74, 6) is 0. The van der Waals surface area contributed by atoms with Gasteiger partial charge < -0.3 is 10.6 Å². The van der Waals surface area contributed by atoms with Crippen LogP contribution in [-0.4, -0.2) is 7.05 Å². The van der Waals surface area contributed by atoms with E-state index in [1.54, 1.807) is 0 Å². The van der Waals surface area contributed by atoms with Crippen molar-refractivity contribution in [2.24, 2.45) is 0 Å². The van der Waals surface area contributed by atoms with Gasteiger partial charge in [0, 0.05) is 29.4 Å². The van der Waals surface area contributed by atoms with E-state index < -0.39 is 0 Å². The molecule has 2 aromatic carbocycles. The molecule has 0 aromatic heterocycles. The number of halogens is 1. The molecule has 0 aliphatic heterocycles. The molecular weight excluding hydrogens is 288 g/mol. The molecule has 2 nitrogen and oxygen atoms in total. The zero-order chi connectivity index (χ0) is 13.1. The summed E-state index contributed by atoms with van der Waals surface area (Å²) in [4.78, 5) is 2.23. The molecule has 0 heterocycles. The van der Waals surface area contributed by atoms with Crippen LogP contribution in [-0.2, 0) is 6.54 Å². The molecule has 2 aromatic rings. The Morgan fingerprint density at radius 2 is 1.94 bits per heavy atom. The molecule has 0 aliphatic carbocycles. The molecule has 18 heavy (non-hydrogen) atoms. The molecule has 0 amide bonds. The van der Waals surface area contributed by atoms with Gasteiger partial charge in [0.15, 0.2) is 0 Å². The van der Waals surface area contributed by atoms with Crippen molar-refractivity contribution in [3.05, 3.63) is 58.1 Å². The van der Waals surface area contributed by atoms with E-state index in [2.05, 4.69) is 71.2 Å². The maximum Gasteiger partial charge on any atom is 0.0458 e. The fourth-order valence-electron chi connectivity index (χ4n) is 1.90. The number of hydrogen-bond acceptors (Lipinski definition) is 2. The zero-order valence-electron chi connectivity index (χ0n) is 10.7. The highest BCUT2D eigenvalue weighted by Gasteiger charge is 2.04. The topological polar surface area (TPSA) is 29.3 Å². The summed E-state index contributed by atoms with van der Waals surface area (Å²) in [6.45, 7) is 2.97. The van der Waals surface area contributed by atoms with Crippen LogP contribution in [0.25, 0.3) is 0 Å². The number of anilines is 2. The van der Waals surface area contributed by atoms with E-state index in [-0.39, 0.29) is 0 Å². The lowest BCUT2D eigenvalue weighted by molar-refractivity contribution is 0.921. The number of benzene rings is 2. The van der Waals surface area contributed by atoms with Crippen LogP contribution < -0.4 is 10.6 Å². The first kappa shape index (κ1) is 13.0. The van der Waals surface area contributed by atoms with Crippen molar-refractivity contribution in [3.63, 3.8) is 0 Å². The highest BCUT2D eigenvalue weighted by atomic mass is 79.9. The quantitative estimate of drug-likeness (QED) is 0.869. The van der Waals surface area contributed by atoms with E-state index >= 15 is 0 Å². The van der Waals surface area contributed by atoms with Crippen LogP contribution in [0.2, 0.25) is 0 Å². The van der Waals surface area contributed by atoms with E-state index in [9.17, 15) is 0 Å². The molecule has 0 saturated heterocycles. The molecule has 3 heteroatoms. The Morgan fingerprint density at radius 1 is 1.17 bits per heavy atom. The molecule has 0 unspecified atom stereocenters. The van der Waals surface area contributed by atoms with E-state index in [1.165, 1.54) is 16.8 Å². The Morgan fingerprint density at radius 3 is 2.61 bits per heavy atom. The lowest BCUT2D eigenvalue weighted by Crippen LogP contribution is -2.16. The van der Waals surface area contributed by atoms with Gasteiger partial charge in [-0.25, -0.2) is 0 Å². The minimum Gasteiger partial charge on any atom is -0.398 e. The number of nitrogens with two attached hydrogens (primary N) is 1. The van der Waals surface area contributed by atoms with Crippen LogP contribution in [0.15, 0.2) is 46.9 Å². The van der Waals surface area contributed by atoms with Gasteiger partial charge in [0.1, 0.15) is 0 Å². The van der Waals surface area contributed by atoms with Crippen molar-refractivity contribution >= 4 is 27.3 Å². The second-order valence-electron chi connectivity index (χ2n) is 4.55. The first-order chi connectivity index (χ1) is 8.56. The second kappa shape index (κ2) is 5.44. The van der Waals surface area contributed by atoms with Crippen LogP contribution in [0.4, 0.5) is 11.4 Å².